The molecule has 1 aromatic carbocycles. The summed E-state index contributed by atoms with van der Waals surface area (Å²) >= 11 is 0. The number of non-ortho nitro benzene ring substituents is 1. The summed E-state index contributed by atoms with van der Waals surface area (Å²) in [4.78, 5) is 21.4. The van der Waals surface area contributed by atoms with Crippen LogP contribution in [-0.4, -0.2) is 21.5 Å². The number of hydrogen-bond acceptors (Lipinski definition) is 5. The number of nitro groups is 1. The van der Waals surface area contributed by atoms with Gasteiger partial charge in [0.1, 0.15) is 11.6 Å². The minimum Gasteiger partial charge on any atom is -0.480 e. The molecule has 0 fully saturated rings. The molecule has 0 spiro atoms. The van der Waals surface area contributed by atoms with Gasteiger partial charge in [0.2, 0.25) is 0 Å². The zero-order valence-corrected chi connectivity index (χ0v) is 11.2. The highest BCUT2D eigenvalue weighted by atomic mass is 16.6. The minimum absolute atomic E-state index is 0.0442. The summed E-state index contributed by atoms with van der Waals surface area (Å²) in [6.07, 6.45) is 1.01. The van der Waals surface area contributed by atoms with Gasteiger partial charge in [-0.05, 0) is 19.4 Å². The highest BCUT2D eigenvalue weighted by Crippen LogP contribution is 2.26. The molecule has 0 heterocycles. The maximum absolute atomic E-state index is 11.3. The van der Waals surface area contributed by atoms with Crippen LogP contribution in [0.4, 0.5) is 11.4 Å². The first-order valence-corrected chi connectivity index (χ1v) is 6.04. The van der Waals surface area contributed by atoms with Gasteiger partial charge >= 0.3 is 5.97 Å². The predicted molar refractivity (Wildman–Crippen MR) is 72.4 cm³/mol. The van der Waals surface area contributed by atoms with Gasteiger partial charge in [0.15, 0.2) is 0 Å². The molecule has 0 radical (unpaired) electrons. The van der Waals surface area contributed by atoms with Crippen molar-refractivity contribution in [3.8, 4) is 6.07 Å². The summed E-state index contributed by atoms with van der Waals surface area (Å²) in [5.74, 6) is -1.04. The van der Waals surface area contributed by atoms with E-state index in [2.05, 4.69) is 5.32 Å². The second-order valence-corrected chi connectivity index (χ2v) is 4.61. The first kappa shape index (κ1) is 15.4. The van der Waals surface area contributed by atoms with Crippen LogP contribution in [0.5, 0.6) is 0 Å². The summed E-state index contributed by atoms with van der Waals surface area (Å²) in [6.45, 7) is 3.37. The Balaban J connectivity index is 3.17. The Morgan fingerprint density at radius 3 is 2.70 bits per heavy atom. The number of anilines is 1. The molecule has 0 saturated heterocycles. The molecule has 2 N–H and O–H groups in total. The lowest BCUT2D eigenvalue weighted by Gasteiger charge is -2.27. The van der Waals surface area contributed by atoms with Crippen molar-refractivity contribution in [1.82, 2.24) is 0 Å². The van der Waals surface area contributed by atoms with E-state index in [1.54, 1.807) is 0 Å². The number of nitrogens with zero attached hydrogens (tertiary/aromatic N) is 2. The van der Waals surface area contributed by atoms with Gasteiger partial charge in [-0.15, -0.1) is 0 Å². The van der Waals surface area contributed by atoms with Gasteiger partial charge in [-0.3, -0.25) is 10.1 Å². The topological polar surface area (TPSA) is 116 Å². The molecule has 0 aromatic heterocycles. The lowest BCUT2D eigenvalue weighted by molar-refractivity contribution is -0.384. The number of rotatable bonds is 6. The van der Waals surface area contributed by atoms with E-state index in [9.17, 15) is 20.0 Å². The average molecular weight is 277 g/mol. The summed E-state index contributed by atoms with van der Waals surface area (Å²) in [5, 5.41) is 31.8. The first-order valence-electron chi connectivity index (χ1n) is 6.04. The zero-order valence-electron chi connectivity index (χ0n) is 11.2. The Hall–Kier alpha value is -2.62. The fourth-order valence-electron chi connectivity index (χ4n) is 1.87. The number of nitrogens with one attached hydrogen (secondary N) is 1. The lowest BCUT2D eigenvalue weighted by Crippen LogP contribution is -2.43. The van der Waals surface area contributed by atoms with E-state index in [0.717, 1.165) is 6.07 Å². The monoisotopic (exact) mass is 277 g/mol. The van der Waals surface area contributed by atoms with Crippen molar-refractivity contribution in [3.63, 3.8) is 0 Å². The van der Waals surface area contributed by atoms with Crippen molar-refractivity contribution < 1.29 is 14.8 Å². The Morgan fingerprint density at radius 1 is 1.60 bits per heavy atom. The molecule has 20 heavy (non-hydrogen) atoms. The standard InChI is InChI=1S/C13H15N3O4/c1-3-6-13(2,12(17)18)15-11-5-4-10(16(19)20)7-9(11)8-14/h4-5,7,15H,3,6H2,1-2H3,(H,17,18). The van der Waals surface area contributed by atoms with Gasteiger partial charge in [0, 0.05) is 12.1 Å². The second-order valence-electron chi connectivity index (χ2n) is 4.61. The maximum atomic E-state index is 11.3. The molecule has 0 saturated carbocycles. The molecule has 0 aliphatic rings. The molecule has 1 unspecified atom stereocenters. The Morgan fingerprint density at radius 2 is 2.25 bits per heavy atom. The maximum Gasteiger partial charge on any atom is 0.329 e. The number of carboxylic acids is 1. The van der Waals surface area contributed by atoms with Gasteiger partial charge in [-0.2, -0.15) is 5.26 Å². The molecular weight excluding hydrogens is 262 g/mol. The second kappa shape index (κ2) is 6.02. The van der Waals surface area contributed by atoms with Crippen molar-refractivity contribution in [1.29, 1.82) is 5.26 Å². The largest absolute Gasteiger partial charge is 0.480 e. The average Bonchev–Trinajstić information content (AvgIpc) is 2.38. The third-order valence-electron chi connectivity index (χ3n) is 2.97. The number of hydrogen-bond donors (Lipinski definition) is 2. The highest BCUT2D eigenvalue weighted by Gasteiger charge is 2.32. The van der Waals surface area contributed by atoms with E-state index in [0.29, 0.717) is 12.8 Å². The van der Waals surface area contributed by atoms with Crippen molar-refractivity contribution in [2.75, 3.05) is 5.32 Å². The van der Waals surface area contributed by atoms with Gasteiger partial charge in [-0.1, -0.05) is 13.3 Å². The van der Waals surface area contributed by atoms with E-state index in [4.69, 9.17) is 5.26 Å². The molecule has 0 amide bonds. The van der Waals surface area contributed by atoms with E-state index in [-0.39, 0.29) is 16.9 Å². The molecule has 0 aliphatic heterocycles. The van der Waals surface area contributed by atoms with Crippen LogP contribution in [0.25, 0.3) is 0 Å². The van der Waals surface area contributed by atoms with Crippen LogP contribution in [0.1, 0.15) is 32.3 Å². The Kier molecular flexibility index (Phi) is 4.64. The van der Waals surface area contributed by atoms with Crippen molar-refractivity contribution >= 4 is 17.3 Å². The third-order valence-corrected chi connectivity index (χ3v) is 2.97. The number of benzene rings is 1. The Bertz CT molecular complexity index is 579. The normalized spacial score (nSPS) is 13.1. The quantitative estimate of drug-likeness (QED) is 0.609. The molecule has 0 bridgehead atoms. The minimum atomic E-state index is -1.23. The summed E-state index contributed by atoms with van der Waals surface area (Å²) < 4.78 is 0. The number of nitriles is 1. The van der Waals surface area contributed by atoms with Gasteiger partial charge in [0.05, 0.1) is 16.2 Å². The number of aliphatic carboxylic acids is 1. The number of carboxylic acid groups (broad SMARTS) is 1. The number of nitro benzene ring substituents is 1. The van der Waals surface area contributed by atoms with Crippen LogP contribution in [0.15, 0.2) is 18.2 Å². The molecular formula is C13H15N3O4. The van der Waals surface area contributed by atoms with Crippen LogP contribution in [0, 0.1) is 21.4 Å². The van der Waals surface area contributed by atoms with Crippen molar-refractivity contribution in [2.24, 2.45) is 0 Å². The first-order chi connectivity index (χ1) is 9.34. The SMILES string of the molecule is CCCC(C)(Nc1ccc([N+](=O)[O-])cc1C#N)C(=O)O. The fourth-order valence-corrected chi connectivity index (χ4v) is 1.87. The van der Waals surface area contributed by atoms with Gasteiger partial charge in [-0.25, -0.2) is 4.79 Å². The summed E-state index contributed by atoms with van der Waals surface area (Å²) in [6, 6.07) is 5.54. The molecule has 106 valence electrons. The smallest absolute Gasteiger partial charge is 0.329 e. The van der Waals surface area contributed by atoms with E-state index >= 15 is 0 Å². The third kappa shape index (κ3) is 3.23. The number of carbonyl (C=O) groups is 1. The van der Waals surface area contributed by atoms with E-state index < -0.39 is 16.4 Å². The fraction of sp³-hybridized carbons (Fsp3) is 0.385. The van der Waals surface area contributed by atoms with Crippen LogP contribution in [0.2, 0.25) is 0 Å². The predicted octanol–water partition coefficient (Wildman–Crippen LogP) is 2.52. The Labute approximate surface area is 116 Å². The molecule has 0 aliphatic carbocycles. The lowest BCUT2D eigenvalue weighted by atomic mass is 9.95. The molecule has 1 rings (SSSR count). The molecule has 1 aromatic rings. The van der Waals surface area contributed by atoms with Crippen molar-refractivity contribution in [2.45, 2.75) is 32.2 Å². The van der Waals surface area contributed by atoms with Crippen LogP contribution >= 0.6 is 0 Å². The summed E-state index contributed by atoms with van der Waals surface area (Å²) in [7, 11) is 0. The molecule has 7 nitrogen and oxygen atoms in total. The van der Waals surface area contributed by atoms with Crippen LogP contribution < -0.4 is 5.32 Å². The van der Waals surface area contributed by atoms with E-state index in [1.165, 1.54) is 19.1 Å². The van der Waals surface area contributed by atoms with Gasteiger partial charge < -0.3 is 10.4 Å². The van der Waals surface area contributed by atoms with Crippen molar-refractivity contribution in [3.05, 3.63) is 33.9 Å². The molecule has 1 atom stereocenters. The molecule has 7 heteroatoms. The van der Waals surface area contributed by atoms with Gasteiger partial charge in [0.25, 0.3) is 5.69 Å². The van der Waals surface area contributed by atoms with Crippen LogP contribution in [0.3, 0.4) is 0 Å². The zero-order chi connectivity index (χ0) is 15.3. The highest BCUT2D eigenvalue weighted by molar-refractivity contribution is 5.83. The van der Waals surface area contributed by atoms with Crippen LogP contribution in [-0.2, 0) is 4.79 Å². The van der Waals surface area contributed by atoms with E-state index in [1.807, 2.05) is 13.0 Å². The summed E-state index contributed by atoms with van der Waals surface area (Å²) in [5.41, 5.74) is -1.12.